The zero-order valence-corrected chi connectivity index (χ0v) is 15.4. The summed E-state index contributed by atoms with van der Waals surface area (Å²) in [6.07, 6.45) is 2.49. The van der Waals surface area contributed by atoms with Crippen LogP contribution in [0.5, 0.6) is 0 Å². The van der Waals surface area contributed by atoms with E-state index >= 15 is 0 Å². The lowest BCUT2D eigenvalue weighted by atomic mass is 9.94. The molecule has 136 valence electrons. The minimum atomic E-state index is -4.03. The number of hydrogen-bond acceptors (Lipinski definition) is 8. The second kappa shape index (κ2) is 11.1. The van der Waals surface area contributed by atoms with Gasteiger partial charge in [0.2, 0.25) is 11.6 Å². The highest BCUT2D eigenvalue weighted by Crippen LogP contribution is 2.08. The van der Waals surface area contributed by atoms with Crippen molar-refractivity contribution in [1.82, 2.24) is 10.7 Å². The number of carbonyl (C=O) groups excluding carboxylic acids is 2. The highest BCUT2D eigenvalue weighted by molar-refractivity contribution is 7.98. The molecule has 0 spiro atoms. The quantitative estimate of drug-likeness (QED) is 0.112. The number of Topliss-reactive ketones (excluding diaryl/α,β-unsaturated/α-hetero) is 2. The number of nitrogens with one attached hydrogen (secondary N) is 2. The van der Waals surface area contributed by atoms with E-state index in [2.05, 4.69) is 10.7 Å². The van der Waals surface area contributed by atoms with Gasteiger partial charge in [-0.1, -0.05) is 13.8 Å². The first kappa shape index (κ1) is 22.5. The van der Waals surface area contributed by atoms with Crippen molar-refractivity contribution in [2.75, 3.05) is 24.3 Å². The summed E-state index contributed by atoms with van der Waals surface area (Å²) in [5, 5.41) is 2.90. The van der Waals surface area contributed by atoms with Gasteiger partial charge in [0.05, 0.1) is 17.8 Å². The Hall–Kier alpha value is -0.520. The minimum Gasteiger partial charge on any atom is -0.307 e. The third-order valence-corrected chi connectivity index (χ3v) is 4.72. The summed E-state index contributed by atoms with van der Waals surface area (Å²) in [6, 6.07) is -1.44. The Labute approximate surface area is 142 Å². The van der Waals surface area contributed by atoms with Gasteiger partial charge in [0.25, 0.3) is 10.1 Å². The fourth-order valence-electron chi connectivity index (χ4n) is 1.99. The van der Waals surface area contributed by atoms with Crippen molar-refractivity contribution >= 4 is 33.4 Å². The molecular formula is C13H27N3O5S2. The summed E-state index contributed by atoms with van der Waals surface area (Å²) in [4.78, 5) is 24.6. The van der Waals surface area contributed by atoms with Gasteiger partial charge in [0.15, 0.2) is 0 Å². The van der Waals surface area contributed by atoms with Crippen LogP contribution in [0.25, 0.3) is 0 Å². The second-order valence-corrected chi connectivity index (χ2v) is 8.10. The average molecular weight is 370 g/mol. The van der Waals surface area contributed by atoms with Gasteiger partial charge in [-0.05, 0) is 37.3 Å². The number of hydrazine groups is 1. The molecule has 0 aromatic heterocycles. The maximum absolute atomic E-state index is 12.4. The van der Waals surface area contributed by atoms with E-state index < -0.39 is 39.5 Å². The molecule has 0 bridgehead atoms. The van der Waals surface area contributed by atoms with Crippen molar-refractivity contribution in [3.05, 3.63) is 0 Å². The molecule has 0 amide bonds. The third-order valence-electron chi connectivity index (χ3n) is 3.27. The Morgan fingerprint density at radius 2 is 1.87 bits per heavy atom. The van der Waals surface area contributed by atoms with E-state index in [0.29, 0.717) is 12.2 Å². The minimum absolute atomic E-state index is 0.128. The Balaban J connectivity index is 4.74. The average Bonchev–Trinajstić information content (AvgIpc) is 2.45. The molecule has 0 aliphatic heterocycles. The van der Waals surface area contributed by atoms with Crippen molar-refractivity contribution in [3.8, 4) is 0 Å². The topological polar surface area (TPSA) is 139 Å². The maximum atomic E-state index is 12.4. The van der Waals surface area contributed by atoms with E-state index in [1.165, 1.54) is 0 Å². The number of carbonyl (C=O) groups is 2. The van der Waals surface area contributed by atoms with Crippen LogP contribution < -0.4 is 16.6 Å². The maximum Gasteiger partial charge on any atom is 0.264 e. The van der Waals surface area contributed by atoms with Gasteiger partial charge in [-0.25, -0.2) is 5.43 Å². The van der Waals surface area contributed by atoms with E-state index in [-0.39, 0.29) is 18.9 Å². The van der Waals surface area contributed by atoms with Crippen LogP contribution in [-0.4, -0.2) is 60.9 Å². The third kappa shape index (κ3) is 9.38. The number of nitrogens with two attached hydrogens (primary N) is 1. The fourth-order valence-corrected chi connectivity index (χ4v) is 2.97. The lowest BCUT2D eigenvalue weighted by molar-refractivity contribution is -0.139. The predicted octanol–water partition coefficient (Wildman–Crippen LogP) is -0.398. The smallest absolute Gasteiger partial charge is 0.264 e. The van der Waals surface area contributed by atoms with Gasteiger partial charge in [0, 0.05) is 0 Å². The van der Waals surface area contributed by atoms with Crippen molar-refractivity contribution in [2.45, 2.75) is 38.8 Å². The summed E-state index contributed by atoms with van der Waals surface area (Å²) in [5.74, 6) is 4.34. The van der Waals surface area contributed by atoms with E-state index in [1.807, 2.05) is 6.26 Å². The van der Waals surface area contributed by atoms with Gasteiger partial charge in [-0.2, -0.15) is 20.2 Å². The van der Waals surface area contributed by atoms with Crippen LogP contribution in [0, 0.1) is 5.92 Å². The van der Waals surface area contributed by atoms with Crippen molar-refractivity contribution in [3.63, 3.8) is 0 Å². The number of thioether (sulfide) groups is 1. The van der Waals surface area contributed by atoms with Gasteiger partial charge < -0.3 is 5.32 Å². The molecule has 0 aliphatic rings. The van der Waals surface area contributed by atoms with Crippen molar-refractivity contribution in [1.29, 1.82) is 0 Å². The normalized spacial score (nSPS) is 14.7. The largest absolute Gasteiger partial charge is 0.307 e. The van der Waals surface area contributed by atoms with Gasteiger partial charge in [-0.3, -0.25) is 20.0 Å². The van der Waals surface area contributed by atoms with Crippen molar-refractivity contribution < 1.29 is 22.6 Å². The van der Waals surface area contributed by atoms with Crippen LogP contribution in [0.4, 0.5) is 0 Å². The summed E-state index contributed by atoms with van der Waals surface area (Å²) >= 11 is 1.54. The first-order valence-corrected chi connectivity index (χ1v) is 10.4. The van der Waals surface area contributed by atoms with E-state index in [9.17, 15) is 18.0 Å². The predicted molar refractivity (Wildman–Crippen MR) is 91.8 cm³/mol. The summed E-state index contributed by atoms with van der Waals surface area (Å²) in [7, 11) is -4.03. The molecule has 0 aliphatic carbocycles. The van der Waals surface area contributed by atoms with Crippen molar-refractivity contribution in [2.24, 2.45) is 11.8 Å². The van der Waals surface area contributed by atoms with Crippen LogP contribution in [0.1, 0.15) is 26.7 Å². The second-order valence-electron chi connectivity index (χ2n) is 5.54. The van der Waals surface area contributed by atoms with E-state index in [0.717, 1.165) is 0 Å². The molecule has 0 unspecified atom stereocenters. The Morgan fingerprint density at radius 1 is 1.26 bits per heavy atom. The first-order chi connectivity index (χ1) is 10.6. The zero-order valence-electron chi connectivity index (χ0n) is 13.7. The zero-order chi connectivity index (χ0) is 18.0. The molecule has 0 saturated carbocycles. The summed E-state index contributed by atoms with van der Waals surface area (Å²) in [5.41, 5.74) is 2.36. The van der Waals surface area contributed by atoms with Crippen LogP contribution in [0.15, 0.2) is 0 Å². The van der Waals surface area contributed by atoms with E-state index in [1.54, 1.807) is 25.6 Å². The molecular weight excluding hydrogens is 342 g/mol. The molecule has 0 aromatic rings. The highest BCUT2D eigenvalue weighted by Gasteiger charge is 2.31. The Bertz CT molecular complexity index is 482. The molecule has 23 heavy (non-hydrogen) atoms. The molecule has 0 radical (unpaired) electrons. The van der Waals surface area contributed by atoms with Crippen LogP contribution in [0.2, 0.25) is 0 Å². The molecule has 10 heteroatoms. The SMILES string of the molecule is CSCC[C@H](NCCCS(=O)(=O)O)C(=O)C(=O)[C@@H](NN)C(C)C. The summed E-state index contributed by atoms with van der Waals surface area (Å²) in [6.45, 7) is 3.78. The monoisotopic (exact) mass is 369 g/mol. The number of rotatable bonds is 13. The molecule has 0 rings (SSSR count). The number of hydrogen-bond donors (Lipinski definition) is 4. The van der Waals surface area contributed by atoms with Crippen LogP contribution in [0.3, 0.4) is 0 Å². The lowest BCUT2D eigenvalue weighted by Crippen LogP contribution is -2.52. The molecule has 0 saturated heterocycles. The number of ketones is 2. The first-order valence-electron chi connectivity index (χ1n) is 7.35. The summed E-state index contributed by atoms with van der Waals surface area (Å²) < 4.78 is 30.0. The molecule has 0 heterocycles. The van der Waals surface area contributed by atoms with Gasteiger partial charge in [0.1, 0.15) is 0 Å². The van der Waals surface area contributed by atoms with E-state index in [4.69, 9.17) is 10.4 Å². The molecule has 8 nitrogen and oxygen atoms in total. The molecule has 5 N–H and O–H groups in total. The standard InChI is InChI=1S/C13H27N3O5S2/c1-9(2)11(16-14)13(18)12(17)10(5-7-22-3)15-6-4-8-23(19,20)21/h9-11,15-16H,4-8,14H2,1-3H3,(H,19,20,21)/t10-,11-/m0/s1. The molecule has 0 fully saturated rings. The Morgan fingerprint density at radius 3 is 2.30 bits per heavy atom. The lowest BCUT2D eigenvalue weighted by Gasteiger charge is -2.22. The highest BCUT2D eigenvalue weighted by atomic mass is 32.2. The fraction of sp³-hybridized carbons (Fsp3) is 0.846. The van der Waals surface area contributed by atoms with Gasteiger partial charge >= 0.3 is 0 Å². The van der Waals surface area contributed by atoms with Crippen LogP contribution >= 0.6 is 11.8 Å². The van der Waals surface area contributed by atoms with Gasteiger partial charge in [-0.15, -0.1) is 0 Å². The Kier molecular flexibility index (Phi) is 10.9. The molecule has 0 aromatic carbocycles. The van der Waals surface area contributed by atoms with Crippen LogP contribution in [-0.2, 0) is 19.7 Å². The molecule has 2 atom stereocenters.